The molecule has 5 aromatic carbocycles. The Morgan fingerprint density at radius 3 is 1.59 bits per heavy atom. The summed E-state index contributed by atoms with van der Waals surface area (Å²) in [5.41, 5.74) is 8.89. The molecule has 0 aliphatic carbocycles. The monoisotopic (exact) mass is 608 g/mol. The van der Waals surface area contributed by atoms with Crippen LogP contribution in [0, 0.1) is 0 Å². The van der Waals surface area contributed by atoms with E-state index in [1.807, 2.05) is 91.9 Å². The molecule has 1 aromatic heterocycles. The summed E-state index contributed by atoms with van der Waals surface area (Å²) < 4.78 is 5.70. The molecule has 228 valence electrons. The maximum absolute atomic E-state index is 12.1. The highest BCUT2D eigenvalue weighted by molar-refractivity contribution is 5.75. The highest BCUT2D eigenvalue weighted by atomic mass is 16.7. The smallest absolute Gasteiger partial charge is 0.365 e. The third-order valence-electron chi connectivity index (χ3n) is 7.31. The van der Waals surface area contributed by atoms with Crippen molar-refractivity contribution in [1.29, 1.82) is 0 Å². The first-order valence-electron chi connectivity index (χ1n) is 15.0. The lowest BCUT2D eigenvalue weighted by Gasteiger charge is -2.15. The Morgan fingerprint density at radius 1 is 0.652 bits per heavy atom. The second kappa shape index (κ2) is 13.8. The number of benzene rings is 5. The summed E-state index contributed by atoms with van der Waals surface area (Å²) in [5, 5.41) is 11.1. The summed E-state index contributed by atoms with van der Waals surface area (Å²) in [6.07, 6.45) is -0.891. The summed E-state index contributed by atoms with van der Waals surface area (Å²) in [7, 11) is 0. The summed E-state index contributed by atoms with van der Waals surface area (Å²) in [6.45, 7) is 3.85. The van der Waals surface area contributed by atoms with Gasteiger partial charge in [-0.15, -0.1) is 0 Å². The van der Waals surface area contributed by atoms with Crippen LogP contribution in [0.25, 0.3) is 56.4 Å². The van der Waals surface area contributed by atoms with Crippen LogP contribution in [0.2, 0.25) is 0 Å². The molecule has 8 nitrogen and oxygen atoms in total. The number of carbonyl (C=O) groups excluding carboxylic acids is 1. The van der Waals surface area contributed by atoms with Crippen LogP contribution < -0.4 is 10.2 Å². The van der Waals surface area contributed by atoms with Crippen molar-refractivity contribution < 1.29 is 19.5 Å². The summed E-state index contributed by atoms with van der Waals surface area (Å²) >= 11 is 0. The molecule has 2 N–H and O–H groups in total. The minimum absolute atomic E-state index is 0.105. The molecule has 0 saturated carbocycles. The maximum Gasteiger partial charge on any atom is 0.365 e. The van der Waals surface area contributed by atoms with E-state index in [4.69, 9.17) is 24.5 Å². The van der Waals surface area contributed by atoms with E-state index in [1.54, 1.807) is 19.1 Å². The lowest BCUT2D eigenvalue weighted by Crippen LogP contribution is -2.31. The van der Waals surface area contributed by atoms with Gasteiger partial charge in [-0.3, -0.25) is 0 Å². The Kier molecular flexibility index (Phi) is 9.08. The van der Waals surface area contributed by atoms with Crippen molar-refractivity contribution in [2.75, 3.05) is 6.54 Å². The number of phenolic OH excluding ortho intramolecular Hbond substituents is 1. The molecule has 6 rings (SSSR count). The average molecular weight is 609 g/mol. The Morgan fingerprint density at radius 2 is 1.11 bits per heavy atom. The molecule has 1 atom stereocenters. The van der Waals surface area contributed by atoms with Gasteiger partial charge in [-0.2, -0.15) is 5.48 Å². The molecule has 0 amide bonds. The number of rotatable bonds is 10. The van der Waals surface area contributed by atoms with Gasteiger partial charge in [0, 0.05) is 23.7 Å². The molecular weight excluding hydrogens is 576 g/mol. The second-order valence-electron chi connectivity index (χ2n) is 10.6. The first-order chi connectivity index (χ1) is 22.5. The number of ether oxygens (including phenoxy) is 1. The Hall–Kier alpha value is -5.86. The van der Waals surface area contributed by atoms with Gasteiger partial charge in [-0.25, -0.2) is 19.7 Å². The average Bonchev–Trinajstić information content (AvgIpc) is 3.11. The number of aromatic nitrogens is 3. The summed E-state index contributed by atoms with van der Waals surface area (Å²) in [5.74, 6) is 0.839. The third-order valence-corrected chi connectivity index (χ3v) is 7.31. The summed E-state index contributed by atoms with van der Waals surface area (Å²) in [6, 6.07) is 41.1. The van der Waals surface area contributed by atoms with E-state index >= 15 is 0 Å². The molecular formula is C38H32N4O4. The second-order valence-corrected chi connectivity index (χ2v) is 10.6. The predicted molar refractivity (Wildman–Crippen MR) is 179 cm³/mol. The van der Waals surface area contributed by atoms with Gasteiger partial charge < -0.3 is 14.7 Å². The van der Waals surface area contributed by atoms with Crippen LogP contribution in [0.5, 0.6) is 11.5 Å². The van der Waals surface area contributed by atoms with Crippen molar-refractivity contribution in [2.24, 2.45) is 0 Å². The van der Waals surface area contributed by atoms with Crippen molar-refractivity contribution in [3.05, 3.63) is 127 Å². The van der Waals surface area contributed by atoms with Gasteiger partial charge in [0.2, 0.25) is 0 Å². The maximum atomic E-state index is 12.1. The fraction of sp³-hybridized carbons (Fsp3) is 0.105. The van der Waals surface area contributed by atoms with Crippen LogP contribution in [-0.4, -0.2) is 38.7 Å². The van der Waals surface area contributed by atoms with Crippen LogP contribution in [0.15, 0.2) is 127 Å². The topological polar surface area (TPSA) is 106 Å². The zero-order valence-electron chi connectivity index (χ0n) is 25.4. The van der Waals surface area contributed by atoms with Crippen LogP contribution in [0.3, 0.4) is 0 Å². The van der Waals surface area contributed by atoms with Crippen molar-refractivity contribution in [1.82, 2.24) is 20.4 Å². The molecule has 0 fully saturated rings. The number of hydroxylamine groups is 1. The minimum atomic E-state index is -0.891. The van der Waals surface area contributed by atoms with Gasteiger partial charge in [0.15, 0.2) is 23.6 Å². The number of carbonyl (C=O) groups is 1. The van der Waals surface area contributed by atoms with E-state index in [9.17, 15) is 9.90 Å². The SMILES string of the molecule is CCNOC(=O)C(C)Oc1ccc(-c2nc(-c3ccc(-c4ccccc4)cc3)nc(-c3ccc(-c4ccccc4)cc3)n2)c(O)c1. The number of phenols is 1. The fourth-order valence-corrected chi connectivity index (χ4v) is 4.89. The number of nitrogens with one attached hydrogen (secondary N) is 1. The number of hydrogen-bond acceptors (Lipinski definition) is 8. The largest absolute Gasteiger partial charge is 0.507 e. The van der Waals surface area contributed by atoms with Gasteiger partial charge in [0.05, 0.1) is 5.56 Å². The zero-order valence-corrected chi connectivity index (χ0v) is 25.4. The van der Waals surface area contributed by atoms with E-state index < -0.39 is 12.1 Å². The van der Waals surface area contributed by atoms with Crippen LogP contribution in [0.1, 0.15) is 13.8 Å². The molecule has 0 bridgehead atoms. The third kappa shape index (κ3) is 6.93. The molecule has 6 aromatic rings. The number of nitrogens with zero attached hydrogens (tertiary/aromatic N) is 3. The molecule has 0 spiro atoms. The van der Waals surface area contributed by atoms with Gasteiger partial charge in [0.25, 0.3) is 0 Å². The van der Waals surface area contributed by atoms with Crippen molar-refractivity contribution >= 4 is 5.97 Å². The van der Waals surface area contributed by atoms with Crippen LogP contribution in [-0.2, 0) is 9.63 Å². The van der Waals surface area contributed by atoms with E-state index in [1.165, 1.54) is 6.07 Å². The lowest BCUT2D eigenvalue weighted by molar-refractivity contribution is -0.158. The predicted octanol–water partition coefficient (Wildman–Crippen LogP) is 7.75. The van der Waals surface area contributed by atoms with Gasteiger partial charge in [-0.05, 0) is 48.2 Å². The van der Waals surface area contributed by atoms with Gasteiger partial charge in [0.1, 0.15) is 11.5 Å². The molecule has 0 aliphatic heterocycles. The van der Waals surface area contributed by atoms with Crippen molar-refractivity contribution in [3.63, 3.8) is 0 Å². The zero-order chi connectivity index (χ0) is 31.9. The van der Waals surface area contributed by atoms with Crippen molar-refractivity contribution in [3.8, 4) is 67.9 Å². The molecule has 1 heterocycles. The van der Waals surface area contributed by atoms with E-state index in [2.05, 4.69) is 29.7 Å². The van der Waals surface area contributed by atoms with E-state index in [-0.39, 0.29) is 5.75 Å². The van der Waals surface area contributed by atoms with E-state index in [0.717, 1.165) is 33.4 Å². The number of hydrogen-bond donors (Lipinski definition) is 2. The molecule has 8 heteroatoms. The normalized spacial score (nSPS) is 11.5. The number of aromatic hydroxyl groups is 1. The Labute approximate surface area is 267 Å². The van der Waals surface area contributed by atoms with Crippen LogP contribution in [0.4, 0.5) is 0 Å². The standard InChI is InChI=1S/C38H32N4O4/c1-3-39-46-38(44)25(2)45-32-22-23-33(34(43)24-32)37-41-35(30-18-14-28(15-19-30)26-10-6-4-7-11-26)40-36(42-37)31-20-16-29(17-21-31)27-12-8-5-9-13-27/h4-25,39,43H,3H2,1-2H3. The Balaban J connectivity index is 1.36. The Bertz CT molecular complexity index is 1830. The van der Waals surface area contributed by atoms with Gasteiger partial charge >= 0.3 is 5.97 Å². The van der Waals surface area contributed by atoms with Crippen molar-refractivity contribution in [2.45, 2.75) is 20.0 Å². The fourth-order valence-electron chi connectivity index (χ4n) is 4.89. The first-order valence-corrected chi connectivity index (χ1v) is 15.0. The first kappa shape index (κ1) is 30.2. The highest BCUT2D eigenvalue weighted by Gasteiger charge is 2.19. The molecule has 0 radical (unpaired) electrons. The van der Waals surface area contributed by atoms with Gasteiger partial charge in [-0.1, -0.05) is 109 Å². The highest BCUT2D eigenvalue weighted by Crippen LogP contribution is 2.34. The molecule has 1 unspecified atom stereocenters. The lowest BCUT2D eigenvalue weighted by atomic mass is 10.0. The minimum Gasteiger partial charge on any atom is -0.507 e. The summed E-state index contributed by atoms with van der Waals surface area (Å²) in [4.78, 5) is 31.4. The molecule has 0 saturated heterocycles. The van der Waals surface area contributed by atoms with Crippen LogP contribution >= 0.6 is 0 Å². The molecule has 0 aliphatic rings. The molecule has 46 heavy (non-hydrogen) atoms. The quantitative estimate of drug-likeness (QED) is 0.152. The van der Waals surface area contributed by atoms with E-state index in [0.29, 0.717) is 35.3 Å².